The minimum atomic E-state index is 0.667. The number of hydrogen-bond donors (Lipinski definition) is 1. The van der Waals surface area contributed by atoms with Crippen LogP contribution in [0.15, 0.2) is 36.4 Å². The van der Waals surface area contributed by atoms with Crippen molar-refractivity contribution in [2.45, 2.75) is 252 Å². The van der Waals surface area contributed by atoms with E-state index in [1.807, 2.05) is 24.3 Å². The highest BCUT2D eigenvalue weighted by atomic mass is 32.1. The van der Waals surface area contributed by atoms with Gasteiger partial charge >= 0.3 is 0 Å². The number of nitrogens with zero attached hydrogens (tertiary/aromatic N) is 2. The summed E-state index contributed by atoms with van der Waals surface area (Å²) in [6, 6.07) is 12.1. The van der Waals surface area contributed by atoms with E-state index < -0.39 is 0 Å². The Morgan fingerprint density at radius 1 is 0.365 bits per heavy atom. The van der Waals surface area contributed by atoms with Crippen molar-refractivity contribution in [1.29, 1.82) is 0 Å². The smallest absolute Gasteiger partial charge is 0.203 e. The van der Waals surface area contributed by atoms with Gasteiger partial charge in [-0.15, -0.1) is 10.2 Å². The lowest BCUT2D eigenvalue weighted by Gasteiger charge is -2.18. The monoisotopic (exact) mass is 890 g/mol. The van der Waals surface area contributed by atoms with E-state index in [1.165, 1.54) is 212 Å². The van der Waals surface area contributed by atoms with E-state index in [2.05, 4.69) is 43.1 Å². The lowest BCUT2D eigenvalue weighted by atomic mass is 10.1. The van der Waals surface area contributed by atoms with Crippen molar-refractivity contribution in [2.75, 3.05) is 25.6 Å². The number of anilines is 1. The van der Waals surface area contributed by atoms with E-state index in [0.29, 0.717) is 19.8 Å². The van der Waals surface area contributed by atoms with Crippen LogP contribution in [0, 0.1) is 0 Å². The zero-order valence-electron chi connectivity index (χ0n) is 41.1. The van der Waals surface area contributed by atoms with Crippen molar-refractivity contribution in [2.24, 2.45) is 0 Å². The van der Waals surface area contributed by atoms with Crippen LogP contribution in [-0.4, -0.2) is 30.0 Å². The standard InChI is InChI=1S/C56H95N3O3S/c1-4-7-10-13-16-19-22-25-28-31-34-37-44-60-52-47-50(56-59-58-55(63-56)49-40-42-51(57)43-41-49)48-53(61-45-38-35-32-29-26-23-20-17-14-11-8-5-2)54(52)62-46-39-36-33-30-27-24-21-18-15-12-9-6-3/h40-43,47-48H,4-39,44-46,57H2,1-3H3. The number of aromatic nitrogens is 2. The molecule has 0 radical (unpaired) electrons. The summed E-state index contributed by atoms with van der Waals surface area (Å²) in [6.07, 6.45) is 47.7. The van der Waals surface area contributed by atoms with Crippen molar-refractivity contribution in [3.05, 3.63) is 36.4 Å². The zero-order chi connectivity index (χ0) is 44.7. The Hall–Kier alpha value is -2.80. The normalized spacial score (nSPS) is 11.4. The van der Waals surface area contributed by atoms with Gasteiger partial charge in [0.05, 0.1) is 19.8 Å². The third-order valence-electron chi connectivity index (χ3n) is 12.6. The molecule has 0 aliphatic heterocycles. The fourth-order valence-electron chi connectivity index (χ4n) is 8.51. The quantitative estimate of drug-likeness (QED) is 0.0450. The van der Waals surface area contributed by atoms with Gasteiger partial charge in [0.2, 0.25) is 5.75 Å². The largest absolute Gasteiger partial charge is 0.490 e. The van der Waals surface area contributed by atoms with Crippen LogP contribution in [0.1, 0.15) is 252 Å². The van der Waals surface area contributed by atoms with Crippen LogP contribution >= 0.6 is 11.3 Å². The molecule has 358 valence electrons. The molecule has 1 heterocycles. The predicted molar refractivity (Wildman–Crippen MR) is 275 cm³/mol. The summed E-state index contributed by atoms with van der Waals surface area (Å²) in [4.78, 5) is 0. The van der Waals surface area contributed by atoms with Gasteiger partial charge in [0, 0.05) is 16.8 Å². The van der Waals surface area contributed by atoms with Gasteiger partial charge < -0.3 is 19.9 Å². The first-order valence-corrected chi connectivity index (χ1v) is 27.7. The van der Waals surface area contributed by atoms with E-state index in [1.54, 1.807) is 11.3 Å². The van der Waals surface area contributed by atoms with Gasteiger partial charge in [-0.05, 0) is 55.7 Å². The van der Waals surface area contributed by atoms with Crippen LogP contribution in [0.3, 0.4) is 0 Å². The predicted octanol–water partition coefficient (Wildman–Crippen LogP) is 18.7. The number of ether oxygens (including phenoxy) is 3. The summed E-state index contributed by atoms with van der Waals surface area (Å²) >= 11 is 1.59. The SMILES string of the molecule is CCCCCCCCCCCCCCOc1cc(-c2nnc(-c3ccc(N)cc3)s2)cc(OCCCCCCCCCCCCCC)c1OCCCCCCCCCCCCCC. The lowest BCUT2D eigenvalue weighted by Crippen LogP contribution is -2.06. The number of hydrogen-bond acceptors (Lipinski definition) is 7. The topological polar surface area (TPSA) is 79.5 Å². The Kier molecular flexibility index (Phi) is 33.3. The molecule has 0 aliphatic carbocycles. The number of unbranched alkanes of at least 4 members (excludes halogenated alkanes) is 33. The molecular formula is C56H95N3O3S. The highest BCUT2D eigenvalue weighted by Gasteiger charge is 2.19. The second-order valence-electron chi connectivity index (χ2n) is 18.5. The highest BCUT2D eigenvalue weighted by molar-refractivity contribution is 7.17. The minimum absolute atomic E-state index is 0.667. The van der Waals surface area contributed by atoms with Gasteiger partial charge in [0.1, 0.15) is 10.0 Å². The van der Waals surface area contributed by atoms with Crippen molar-refractivity contribution in [3.8, 4) is 38.4 Å². The molecule has 0 fully saturated rings. The Morgan fingerprint density at radius 2 is 0.651 bits per heavy atom. The van der Waals surface area contributed by atoms with Gasteiger partial charge in [-0.25, -0.2) is 0 Å². The van der Waals surface area contributed by atoms with Gasteiger partial charge in [0.25, 0.3) is 0 Å². The van der Waals surface area contributed by atoms with E-state index in [0.717, 1.165) is 63.3 Å². The minimum Gasteiger partial charge on any atom is -0.490 e. The van der Waals surface area contributed by atoms with E-state index in [4.69, 9.17) is 19.9 Å². The molecule has 0 aliphatic rings. The van der Waals surface area contributed by atoms with E-state index >= 15 is 0 Å². The molecule has 0 atom stereocenters. The summed E-state index contributed by atoms with van der Waals surface area (Å²) in [5, 5.41) is 11.0. The first kappa shape index (κ1) is 54.5. The Morgan fingerprint density at radius 3 is 0.984 bits per heavy atom. The van der Waals surface area contributed by atoms with Crippen LogP contribution < -0.4 is 19.9 Å². The molecular weight excluding hydrogens is 795 g/mol. The third-order valence-corrected chi connectivity index (χ3v) is 13.6. The fraction of sp³-hybridized carbons (Fsp3) is 0.750. The average molecular weight is 890 g/mol. The number of rotatable bonds is 44. The summed E-state index contributed by atoms with van der Waals surface area (Å²) < 4.78 is 20.0. The molecule has 0 unspecified atom stereocenters. The number of nitrogens with two attached hydrogens (primary N) is 1. The maximum atomic E-state index is 6.67. The molecule has 6 nitrogen and oxygen atoms in total. The molecule has 3 aromatic rings. The molecule has 3 rings (SSSR count). The summed E-state index contributed by atoms with van der Waals surface area (Å²) in [6.45, 7) is 8.89. The lowest BCUT2D eigenvalue weighted by molar-refractivity contribution is 0.234. The van der Waals surface area contributed by atoms with Crippen LogP contribution in [0.5, 0.6) is 17.2 Å². The second-order valence-corrected chi connectivity index (χ2v) is 19.5. The van der Waals surface area contributed by atoms with Crippen molar-refractivity contribution in [1.82, 2.24) is 10.2 Å². The van der Waals surface area contributed by atoms with Crippen molar-refractivity contribution in [3.63, 3.8) is 0 Å². The van der Waals surface area contributed by atoms with Crippen molar-refractivity contribution < 1.29 is 14.2 Å². The Balaban J connectivity index is 1.61. The second kappa shape index (κ2) is 38.5. The van der Waals surface area contributed by atoms with Crippen LogP contribution in [-0.2, 0) is 0 Å². The van der Waals surface area contributed by atoms with Gasteiger partial charge in [-0.1, -0.05) is 244 Å². The molecule has 1 aromatic heterocycles. The number of nitrogen functional groups attached to an aromatic ring is 1. The molecule has 0 bridgehead atoms. The van der Waals surface area contributed by atoms with Gasteiger partial charge in [0.15, 0.2) is 11.5 Å². The van der Waals surface area contributed by atoms with Gasteiger partial charge in [-0.3, -0.25) is 0 Å². The van der Waals surface area contributed by atoms with Crippen LogP contribution in [0.4, 0.5) is 5.69 Å². The molecule has 7 heteroatoms. The first-order valence-electron chi connectivity index (χ1n) is 26.9. The molecule has 0 saturated carbocycles. The summed E-state index contributed by atoms with van der Waals surface area (Å²) in [7, 11) is 0. The summed E-state index contributed by atoms with van der Waals surface area (Å²) in [5.74, 6) is 2.29. The first-order chi connectivity index (χ1) is 31.2. The average Bonchev–Trinajstić information content (AvgIpc) is 3.80. The maximum Gasteiger partial charge on any atom is 0.203 e. The van der Waals surface area contributed by atoms with E-state index in [-0.39, 0.29) is 0 Å². The Bertz CT molecular complexity index is 1430. The molecule has 0 saturated heterocycles. The fourth-order valence-corrected chi connectivity index (χ4v) is 9.34. The van der Waals surface area contributed by atoms with E-state index in [9.17, 15) is 0 Å². The van der Waals surface area contributed by atoms with Crippen molar-refractivity contribution >= 4 is 17.0 Å². The molecule has 0 spiro atoms. The van der Waals surface area contributed by atoms with Crippen LogP contribution in [0.2, 0.25) is 0 Å². The van der Waals surface area contributed by atoms with Crippen LogP contribution in [0.25, 0.3) is 21.1 Å². The van der Waals surface area contributed by atoms with Gasteiger partial charge in [-0.2, -0.15) is 0 Å². The summed E-state index contributed by atoms with van der Waals surface area (Å²) in [5.41, 5.74) is 8.71. The molecule has 2 N–H and O–H groups in total. The Labute approximate surface area is 392 Å². The molecule has 63 heavy (non-hydrogen) atoms. The third kappa shape index (κ3) is 26.7. The molecule has 0 amide bonds. The molecule has 2 aromatic carbocycles. The zero-order valence-corrected chi connectivity index (χ0v) is 42.0. The maximum absolute atomic E-state index is 6.67. The number of benzene rings is 2. The highest BCUT2D eigenvalue weighted by Crippen LogP contribution is 2.43.